The molecule has 1 fully saturated rings. The minimum Gasteiger partial charge on any atom is -0.452 e. The zero-order chi connectivity index (χ0) is 19.1. The molecule has 7 nitrogen and oxygen atoms in total. The molecule has 1 saturated carbocycles. The fourth-order valence-corrected chi connectivity index (χ4v) is 3.09. The van der Waals surface area contributed by atoms with Crippen LogP contribution in [-0.2, 0) is 14.3 Å². The van der Waals surface area contributed by atoms with Gasteiger partial charge in [-0.05, 0) is 36.5 Å². The van der Waals surface area contributed by atoms with Crippen molar-refractivity contribution in [2.24, 2.45) is 5.92 Å². The van der Waals surface area contributed by atoms with Gasteiger partial charge in [0.2, 0.25) is 0 Å². The Morgan fingerprint density at radius 1 is 1.38 bits per heavy atom. The van der Waals surface area contributed by atoms with E-state index in [1.807, 2.05) is 0 Å². The van der Waals surface area contributed by atoms with Crippen molar-refractivity contribution in [2.45, 2.75) is 38.6 Å². The highest BCUT2D eigenvalue weighted by Gasteiger charge is 2.23. The molecule has 0 spiro atoms. The minimum atomic E-state index is -0.700. The number of esters is 1. The predicted molar refractivity (Wildman–Crippen MR) is 97.7 cm³/mol. The number of hydrogen-bond donors (Lipinski definition) is 1. The van der Waals surface area contributed by atoms with Crippen LogP contribution in [0.25, 0.3) is 6.08 Å². The van der Waals surface area contributed by atoms with Crippen LogP contribution >= 0.6 is 11.6 Å². The molecule has 140 valence electrons. The van der Waals surface area contributed by atoms with Crippen LogP contribution in [0.1, 0.15) is 38.2 Å². The fourth-order valence-electron chi connectivity index (χ4n) is 2.90. The Kier molecular flexibility index (Phi) is 7.15. The van der Waals surface area contributed by atoms with Crippen LogP contribution in [-0.4, -0.2) is 29.4 Å². The number of ether oxygens (including phenoxy) is 1. The Bertz CT molecular complexity index is 720. The molecule has 0 bridgehead atoms. The zero-order valence-corrected chi connectivity index (χ0v) is 15.2. The van der Waals surface area contributed by atoms with Gasteiger partial charge in [-0.3, -0.25) is 14.9 Å². The van der Waals surface area contributed by atoms with Crippen LogP contribution in [0.4, 0.5) is 5.69 Å². The van der Waals surface area contributed by atoms with Crippen LogP contribution in [0.15, 0.2) is 24.3 Å². The molecule has 0 radical (unpaired) electrons. The van der Waals surface area contributed by atoms with Crippen molar-refractivity contribution < 1.29 is 19.2 Å². The Labute approximate surface area is 156 Å². The fraction of sp³-hybridized carbons (Fsp3) is 0.444. The first-order chi connectivity index (χ1) is 12.4. The molecule has 0 aromatic heterocycles. The van der Waals surface area contributed by atoms with Crippen molar-refractivity contribution in [2.75, 3.05) is 6.61 Å². The molecule has 26 heavy (non-hydrogen) atoms. The molecule has 1 aliphatic rings. The lowest BCUT2D eigenvalue weighted by Gasteiger charge is -2.29. The number of halogens is 1. The lowest BCUT2D eigenvalue weighted by molar-refractivity contribution is -0.384. The first-order valence-corrected chi connectivity index (χ1v) is 8.82. The highest BCUT2D eigenvalue weighted by Crippen LogP contribution is 2.25. The van der Waals surface area contributed by atoms with E-state index in [-0.39, 0.29) is 29.3 Å². The summed E-state index contributed by atoms with van der Waals surface area (Å²) in [5, 5.41) is 13.7. The number of hydrogen-bond acceptors (Lipinski definition) is 5. The van der Waals surface area contributed by atoms with Crippen LogP contribution in [0.3, 0.4) is 0 Å². The van der Waals surface area contributed by atoms with Gasteiger partial charge < -0.3 is 10.1 Å². The maximum atomic E-state index is 11.9. The second-order valence-corrected chi connectivity index (χ2v) is 6.75. The van der Waals surface area contributed by atoms with Gasteiger partial charge >= 0.3 is 5.97 Å². The van der Waals surface area contributed by atoms with Crippen molar-refractivity contribution in [3.8, 4) is 0 Å². The summed E-state index contributed by atoms with van der Waals surface area (Å²) in [6.45, 7) is 1.75. The summed E-state index contributed by atoms with van der Waals surface area (Å²) >= 11 is 5.73. The van der Waals surface area contributed by atoms with Crippen LogP contribution in [0.2, 0.25) is 5.02 Å². The number of nitrogens with zero attached hydrogens (tertiary/aromatic N) is 1. The Morgan fingerprint density at radius 3 is 2.81 bits per heavy atom. The number of amides is 1. The number of benzene rings is 1. The van der Waals surface area contributed by atoms with E-state index in [1.54, 1.807) is 0 Å². The van der Waals surface area contributed by atoms with E-state index in [2.05, 4.69) is 12.2 Å². The van der Waals surface area contributed by atoms with Gasteiger partial charge in [0.25, 0.3) is 11.6 Å². The first kappa shape index (κ1) is 19.9. The molecule has 1 aliphatic carbocycles. The largest absolute Gasteiger partial charge is 0.452 e. The van der Waals surface area contributed by atoms with E-state index >= 15 is 0 Å². The lowest BCUT2D eigenvalue weighted by Crippen LogP contribution is -2.42. The number of carbonyl (C=O) groups excluding carboxylic acids is 2. The second-order valence-electron chi connectivity index (χ2n) is 6.34. The topological polar surface area (TPSA) is 98.5 Å². The van der Waals surface area contributed by atoms with Crippen LogP contribution in [0, 0.1) is 16.0 Å². The number of nitro benzene ring substituents is 1. The van der Waals surface area contributed by atoms with Crippen molar-refractivity contribution >= 4 is 35.2 Å². The third-order valence-corrected chi connectivity index (χ3v) is 4.70. The highest BCUT2D eigenvalue weighted by atomic mass is 35.5. The summed E-state index contributed by atoms with van der Waals surface area (Å²) in [6, 6.07) is 4.29. The van der Waals surface area contributed by atoms with Crippen molar-refractivity contribution in [1.29, 1.82) is 0 Å². The summed E-state index contributed by atoms with van der Waals surface area (Å²) in [6.07, 6.45) is 6.77. The molecule has 0 aliphatic heterocycles. The average molecular weight is 381 g/mol. The van der Waals surface area contributed by atoms with Crippen molar-refractivity contribution in [3.05, 3.63) is 45.0 Å². The summed E-state index contributed by atoms with van der Waals surface area (Å²) < 4.78 is 4.91. The van der Waals surface area contributed by atoms with Gasteiger partial charge in [-0.15, -0.1) is 0 Å². The summed E-state index contributed by atoms with van der Waals surface area (Å²) in [5.41, 5.74) is 0.182. The Morgan fingerprint density at radius 2 is 2.12 bits per heavy atom. The summed E-state index contributed by atoms with van der Waals surface area (Å²) in [4.78, 5) is 33.8. The van der Waals surface area contributed by atoms with Gasteiger partial charge in [0, 0.05) is 18.2 Å². The minimum absolute atomic E-state index is 0.0170. The normalized spacial score (nSPS) is 19.9. The van der Waals surface area contributed by atoms with Crippen molar-refractivity contribution in [3.63, 3.8) is 0 Å². The van der Waals surface area contributed by atoms with Gasteiger partial charge in [0.15, 0.2) is 6.61 Å². The maximum Gasteiger partial charge on any atom is 0.331 e. The number of nitrogens with one attached hydrogen (secondary N) is 1. The zero-order valence-electron chi connectivity index (χ0n) is 14.4. The molecule has 1 N–H and O–H groups in total. The van der Waals surface area contributed by atoms with E-state index < -0.39 is 10.9 Å². The SMILES string of the molecule is CC1CCCCC1NC(=O)COC(=O)/C=C/c1ccc(Cl)c([N+](=O)[O-])c1. The number of rotatable bonds is 6. The monoisotopic (exact) mass is 380 g/mol. The van der Waals surface area contributed by atoms with E-state index in [9.17, 15) is 19.7 Å². The van der Waals surface area contributed by atoms with Gasteiger partial charge in [0.1, 0.15) is 5.02 Å². The summed E-state index contributed by atoms with van der Waals surface area (Å²) in [7, 11) is 0. The molecule has 0 saturated heterocycles. The summed E-state index contributed by atoms with van der Waals surface area (Å²) in [5.74, 6) is -0.605. The average Bonchev–Trinajstić information content (AvgIpc) is 2.61. The molecule has 2 unspecified atom stereocenters. The van der Waals surface area contributed by atoms with Gasteiger partial charge in [0.05, 0.1) is 4.92 Å². The van der Waals surface area contributed by atoms with E-state index in [4.69, 9.17) is 16.3 Å². The van der Waals surface area contributed by atoms with E-state index in [0.717, 1.165) is 25.3 Å². The molecule has 1 aromatic rings. The smallest absolute Gasteiger partial charge is 0.331 e. The molecule has 0 heterocycles. The van der Waals surface area contributed by atoms with Gasteiger partial charge in [-0.2, -0.15) is 0 Å². The van der Waals surface area contributed by atoms with Crippen molar-refractivity contribution in [1.82, 2.24) is 5.32 Å². The Hall–Kier alpha value is -2.41. The lowest BCUT2D eigenvalue weighted by atomic mass is 9.86. The van der Waals surface area contributed by atoms with Gasteiger partial charge in [-0.1, -0.05) is 37.4 Å². The van der Waals surface area contributed by atoms with E-state index in [1.165, 1.54) is 30.7 Å². The standard InChI is InChI=1S/C18H21ClN2O5/c1-12-4-2-3-5-15(12)20-17(22)11-26-18(23)9-7-13-6-8-14(19)16(10-13)21(24)25/h6-10,12,15H,2-5,11H2,1H3,(H,20,22)/b9-7+. The van der Waals surface area contributed by atoms with E-state index in [0.29, 0.717) is 11.5 Å². The third kappa shape index (κ3) is 5.84. The molecule has 2 rings (SSSR count). The number of carbonyl (C=O) groups is 2. The second kappa shape index (κ2) is 9.33. The van der Waals surface area contributed by atoms with Crippen LogP contribution in [0.5, 0.6) is 0 Å². The first-order valence-electron chi connectivity index (χ1n) is 8.45. The Balaban J connectivity index is 1.82. The van der Waals surface area contributed by atoms with Gasteiger partial charge in [-0.25, -0.2) is 4.79 Å². The highest BCUT2D eigenvalue weighted by molar-refractivity contribution is 6.32. The predicted octanol–water partition coefficient (Wildman–Crippen LogP) is 3.50. The molecule has 8 heteroatoms. The molecular weight excluding hydrogens is 360 g/mol. The molecule has 2 atom stereocenters. The molecule has 1 aromatic carbocycles. The number of nitro groups is 1. The molecular formula is C18H21ClN2O5. The third-order valence-electron chi connectivity index (χ3n) is 4.38. The maximum absolute atomic E-state index is 11.9. The quantitative estimate of drug-likeness (QED) is 0.352. The molecule has 1 amide bonds. The van der Waals surface area contributed by atoms with Crippen LogP contribution < -0.4 is 5.32 Å².